The van der Waals surface area contributed by atoms with Crippen LogP contribution in [-0.4, -0.2) is 20.8 Å². The van der Waals surface area contributed by atoms with Crippen molar-refractivity contribution in [2.24, 2.45) is 0 Å². The molecule has 4 nitrogen and oxygen atoms in total. The highest BCUT2D eigenvalue weighted by Gasteiger charge is 2.14. The Morgan fingerprint density at radius 2 is 1.61 bits per heavy atom. The molecule has 2 rings (SSSR count). The van der Waals surface area contributed by atoms with E-state index in [4.69, 9.17) is 4.74 Å². The number of anilines is 1. The van der Waals surface area contributed by atoms with Crippen LogP contribution < -0.4 is 9.46 Å². The summed E-state index contributed by atoms with van der Waals surface area (Å²) in [5.41, 5.74) is 3.45. The van der Waals surface area contributed by atoms with Crippen LogP contribution in [0.25, 0.3) is 0 Å². The summed E-state index contributed by atoms with van der Waals surface area (Å²) in [7, 11) is -3.52. The summed E-state index contributed by atoms with van der Waals surface area (Å²) in [6.07, 6.45) is 0. The van der Waals surface area contributed by atoms with E-state index >= 15 is 0 Å². The molecule has 6 heteroatoms. The van der Waals surface area contributed by atoms with Crippen molar-refractivity contribution in [3.8, 4) is 5.75 Å². The molecule has 2 aromatic carbocycles. The molecule has 0 aliphatic heterocycles. The Bertz CT molecular complexity index is 763. The SMILES string of the molecule is Cc1cc(C)c(NS(=O)(=O)CCOc2ccc(F)cc2)c(C)c1. The van der Waals surface area contributed by atoms with Crippen LogP contribution in [0.1, 0.15) is 16.7 Å². The molecule has 124 valence electrons. The van der Waals surface area contributed by atoms with Gasteiger partial charge >= 0.3 is 0 Å². The summed E-state index contributed by atoms with van der Waals surface area (Å²) < 4.78 is 45.1. The summed E-state index contributed by atoms with van der Waals surface area (Å²) in [5, 5.41) is 0. The van der Waals surface area contributed by atoms with Crippen LogP contribution in [0.15, 0.2) is 36.4 Å². The van der Waals surface area contributed by atoms with Gasteiger partial charge in [0.25, 0.3) is 0 Å². The van der Waals surface area contributed by atoms with Crippen LogP contribution in [-0.2, 0) is 10.0 Å². The minimum Gasteiger partial charge on any atom is -0.492 e. The van der Waals surface area contributed by atoms with E-state index in [0.717, 1.165) is 16.7 Å². The van der Waals surface area contributed by atoms with Gasteiger partial charge in [0.2, 0.25) is 10.0 Å². The van der Waals surface area contributed by atoms with Crippen LogP contribution in [0.3, 0.4) is 0 Å². The van der Waals surface area contributed by atoms with Gasteiger partial charge in [0.05, 0.1) is 5.69 Å². The van der Waals surface area contributed by atoms with E-state index in [1.807, 2.05) is 32.9 Å². The molecule has 0 aliphatic carbocycles. The number of hydrogen-bond acceptors (Lipinski definition) is 3. The predicted octanol–water partition coefficient (Wildman–Crippen LogP) is 3.57. The summed E-state index contributed by atoms with van der Waals surface area (Å²) in [6.45, 7) is 5.69. The molecule has 0 fully saturated rings. The topological polar surface area (TPSA) is 55.4 Å². The summed E-state index contributed by atoms with van der Waals surface area (Å²) in [4.78, 5) is 0. The first kappa shape index (κ1) is 17.3. The Morgan fingerprint density at radius 3 is 2.17 bits per heavy atom. The number of aryl methyl sites for hydroxylation is 3. The third-order valence-electron chi connectivity index (χ3n) is 3.37. The zero-order chi connectivity index (χ0) is 17.0. The Kier molecular flexibility index (Phi) is 5.26. The summed E-state index contributed by atoms with van der Waals surface area (Å²) >= 11 is 0. The largest absolute Gasteiger partial charge is 0.492 e. The predicted molar refractivity (Wildman–Crippen MR) is 90.0 cm³/mol. The third kappa shape index (κ3) is 4.96. The van der Waals surface area contributed by atoms with E-state index in [1.165, 1.54) is 24.3 Å². The smallest absolute Gasteiger partial charge is 0.236 e. The van der Waals surface area contributed by atoms with Gasteiger partial charge in [0.1, 0.15) is 23.9 Å². The lowest BCUT2D eigenvalue weighted by Gasteiger charge is -2.14. The van der Waals surface area contributed by atoms with Crippen molar-refractivity contribution in [2.75, 3.05) is 17.1 Å². The molecular formula is C17H20FNO3S. The Morgan fingerprint density at radius 1 is 1.04 bits per heavy atom. The molecule has 0 aromatic heterocycles. The molecule has 0 amide bonds. The van der Waals surface area contributed by atoms with Crippen LogP contribution >= 0.6 is 0 Å². The maximum absolute atomic E-state index is 12.8. The van der Waals surface area contributed by atoms with Crippen LogP contribution in [0.5, 0.6) is 5.75 Å². The van der Waals surface area contributed by atoms with Crippen molar-refractivity contribution >= 4 is 15.7 Å². The van der Waals surface area contributed by atoms with Crippen molar-refractivity contribution in [1.29, 1.82) is 0 Å². The number of sulfonamides is 1. The Labute approximate surface area is 136 Å². The number of halogens is 1. The average Bonchev–Trinajstić information content (AvgIpc) is 2.45. The molecule has 1 N–H and O–H groups in total. The first-order chi connectivity index (χ1) is 10.8. The van der Waals surface area contributed by atoms with Crippen LogP contribution in [0.4, 0.5) is 10.1 Å². The van der Waals surface area contributed by atoms with Crippen molar-refractivity contribution in [3.63, 3.8) is 0 Å². The maximum atomic E-state index is 12.8. The van der Waals surface area contributed by atoms with Gasteiger partial charge in [-0.25, -0.2) is 12.8 Å². The molecule has 0 atom stereocenters. The van der Waals surface area contributed by atoms with Gasteiger partial charge in [-0.3, -0.25) is 4.72 Å². The minimum atomic E-state index is -3.52. The number of nitrogens with one attached hydrogen (secondary N) is 1. The quantitative estimate of drug-likeness (QED) is 0.877. The average molecular weight is 337 g/mol. The van der Waals surface area contributed by atoms with Crippen molar-refractivity contribution < 1.29 is 17.5 Å². The van der Waals surface area contributed by atoms with Crippen molar-refractivity contribution in [2.45, 2.75) is 20.8 Å². The van der Waals surface area contributed by atoms with Crippen LogP contribution in [0, 0.1) is 26.6 Å². The lowest BCUT2D eigenvalue weighted by Crippen LogP contribution is -2.22. The van der Waals surface area contributed by atoms with E-state index in [9.17, 15) is 12.8 Å². The summed E-state index contributed by atoms with van der Waals surface area (Å²) in [6, 6.07) is 9.31. The van der Waals surface area contributed by atoms with E-state index < -0.39 is 10.0 Å². The molecule has 0 saturated carbocycles. The first-order valence-corrected chi connectivity index (χ1v) is 8.89. The third-order valence-corrected chi connectivity index (χ3v) is 4.59. The molecule has 0 saturated heterocycles. The first-order valence-electron chi connectivity index (χ1n) is 7.23. The second-order valence-corrected chi connectivity index (χ2v) is 7.34. The zero-order valence-corrected chi connectivity index (χ0v) is 14.2. The lowest BCUT2D eigenvalue weighted by atomic mass is 10.1. The molecule has 0 spiro atoms. The molecule has 0 bridgehead atoms. The molecule has 0 radical (unpaired) electrons. The normalized spacial score (nSPS) is 11.3. The van der Waals surface area contributed by atoms with Gasteiger partial charge in [-0.1, -0.05) is 17.7 Å². The highest BCUT2D eigenvalue weighted by atomic mass is 32.2. The minimum absolute atomic E-state index is 0.00901. The number of ether oxygens (including phenoxy) is 1. The lowest BCUT2D eigenvalue weighted by molar-refractivity contribution is 0.340. The number of hydrogen-bond donors (Lipinski definition) is 1. The van der Waals surface area contributed by atoms with Gasteiger partial charge in [0, 0.05) is 0 Å². The van der Waals surface area contributed by atoms with Crippen molar-refractivity contribution in [3.05, 3.63) is 58.9 Å². The van der Waals surface area contributed by atoms with Gasteiger partial charge in [-0.05, 0) is 56.2 Å². The summed E-state index contributed by atoms with van der Waals surface area (Å²) in [5.74, 6) is -0.113. The highest BCUT2D eigenvalue weighted by Crippen LogP contribution is 2.23. The highest BCUT2D eigenvalue weighted by molar-refractivity contribution is 7.92. The van der Waals surface area contributed by atoms with E-state index in [0.29, 0.717) is 11.4 Å². The molecular weight excluding hydrogens is 317 g/mol. The molecule has 0 unspecified atom stereocenters. The fourth-order valence-corrected chi connectivity index (χ4v) is 3.39. The standard InChI is InChI=1S/C17H20FNO3S/c1-12-10-13(2)17(14(3)11-12)19-23(20,21)9-8-22-16-6-4-15(18)5-7-16/h4-7,10-11,19H,8-9H2,1-3H3. The molecule has 2 aromatic rings. The Hall–Kier alpha value is -2.08. The van der Waals surface area contributed by atoms with Gasteiger partial charge in [0.15, 0.2) is 0 Å². The number of benzene rings is 2. The number of rotatable bonds is 6. The van der Waals surface area contributed by atoms with Crippen LogP contribution in [0.2, 0.25) is 0 Å². The zero-order valence-electron chi connectivity index (χ0n) is 13.4. The fourth-order valence-electron chi connectivity index (χ4n) is 2.35. The van der Waals surface area contributed by atoms with E-state index in [2.05, 4.69) is 4.72 Å². The second kappa shape index (κ2) is 7.00. The molecule has 0 aliphatic rings. The molecule has 0 heterocycles. The van der Waals surface area contributed by atoms with Crippen molar-refractivity contribution in [1.82, 2.24) is 0 Å². The van der Waals surface area contributed by atoms with E-state index in [1.54, 1.807) is 0 Å². The maximum Gasteiger partial charge on any atom is 0.236 e. The second-order valence-electron chi connectivity index (χ2n) is 5.50. The van der Waals surface area contributed by atoms with Gasteiger partial charge < -0.3 is 4.74 Å². The van der Waals surface area contributed by atoms with Gasteiger partial charge in [-0.15, -0.1) is 0 Å². The van der Waals surface area contributed by atoms with Gasteiger partial charge in [-0.2, -0.15) is 0 Å². The molecule has 23 heavy (non-hydrogen) atoms. The van der Waals surface area contributed by atoms with E-state index in [-0.39, 0.29) is 18.2 Å². The Balaban J connectivity index is 1.98. The monoisotopic (exact) mass is 337 g/mol. The fraction of sp³-hybridized carbons (Fsp3) is 0.294.